The van der Waals surface area contributed by atoms with Gasteiger partial charge >= 0.3 is 5.97 Å². The molecule has 0 saturated heterocycles. The van der Waals surface area contributed by atoms with Crippen LogP contribution in [0.25, 0.3) is 10.4 Å². The van der Waals surface area contributed by atoms with Gasteiger partial charge in [-0.2, -0.15) is 5.26 Å². The van der Waals surface area contributed by atoms with E-state index in [0.29, 0.717) is 21.2 Å². The minimum absolute atomic E-state index is 0.334. The molecule has 0 unspecified atom stereocenters. The maximum absolute atomic E-state index is 12.4. The molecule has 1 heterocycles. The Balaban J connectivity index is 1.65. The molecule has 0 aliphatic carbocycles. The van der Waals surface area contributed by atoms with Crippen molar-refractivity contribution in [1.82, 2.24) is 0 Å². The van der Waals surface area contributed by atoms with Gasteiger partial charge in [-0.15, -0.1) is 11.3 Å². The quantitative estimate of drug-likeness (QED) is 0.592. The molecule has 3 aromatic rings. The molecule has 0 saturated carbocycles. The van der Waals surface area contributed by atoms with Gasteiger partial charge < -0.3 is 10.1 Å². The van der Waals surface area contributed by atoms with E-state index < -0.39 is 18.0 Å². The van der Waals surface area contributed by atoms with Gasteiger partial charge in [-0.1, -0.05) is 35.9 Å². The van der Waals surface area contributed by atoms with Gasteiger partial charge in [-0.3, -0.25) is 4.79 Å². The Bertz CT molecular complexity index is 1050. The molecule has 3 rings (SSSR count). The Kier molecular flexibility index (Phi) is 6.09. The van der Waals surface area contributed by atoms with Crippen molar-refractivity contribution in [3.05, 3.63) is 76.1 Å². The lowest BCUT2D eigenvalue weighted by Gasteiger charge is -2.13. The maximum atomic E-state index is 12.4. The Labute approximate surface area is 171 Å². The number of thiophene rings is 1. The minimum atomic E-state index is -1.01. The third-order valence-corrected chi connectivity index (χ3v) is 5.26. The monoisotopic (exact) mass is 410 g/mol. The SMILES string of the molecule is C[C@@H](OC(=O)c1ccc(-c2ccc(Cl)cc2)s1)C(=O)Nc1ccccc1C#N. The zero-order valence-electron chi connectivity index (χ0n) is 14.8. The lowest BCUT2D eigenvalue weighted by atomic mass is 10.2. The Morgan fingerprint density at radius 3 is 2.54 bits per heavy atom. The Hall–Kier alpha value is -3.14. The molecule has 1 amide bonds. The number of para-hydroxylation sites is 1. The molecular weight excluding hydrogens is 396 g/mol. The van der Waals surface area contributed by atoms with E-state index in [9.17, 15) is 9.59 Å². The van der Waals surface area contributed by atoms with E-state index in [4.69, 9.17) is 21.6 Å². The van der Waals surface area contributed by atoms with Crippen LogP contribution in [0.4, 0.5) is 5.69 Å². The summed E-state index contributed by atoms with van der Waals surface area (Å²) >= 11 is 7.16. The van der Waals surface area contributed by atoms with Crippen molar-refractivity contribution in [2.24, 2.45) is 0 Å². The summed E-state index contributed by atoms with van der Waals surface area (Å²) < 4.78 is 5.27. The zero-order valence-corrected chi connectivity index (χ0v) is 16.4. The van der Waals surface area contributed by atoms with Crippen LogP contribution in [0.3, 0.4) is 0 Å². The molecule has 0 fully saturated rings. The molecule has 1 atom stereocenters. The Morgan fingerprint density at radius 2 is 1.82 bits per heavy atom. The molecule has 0 spiro atoms. The van der Waals surface area contributed by atoms with Crippen LogP contribution in [-0.2, 0) is 9.53 Å². The highest BCUT2D eigenvalue weighted by Crippen LogP contribution is 2.29. The van der Waals surface area contributed by atoms with Crippen LogP contribution in [-0.4, -0.2) is 18.0 Å². The molecular formula is C21H15ClN2O3S. The number of nitrogens with one attached hydrogen (secondary N) is 1. The standard InChI is InChI=1S/C21H15ClN2O3S/c1-13(20(25)24-17-5-3-2-4-15(17)12-23)27-21(26)19-11-10-18(28-19)14-6-8-16(22)9-7-14/h2-11,13H,1H3,(H,24,25)/t13-/m1/s1. The van der Waals surface area contributed by atoms with Crippen molar-refractivity contribution in [2.75, 3.05) is 5.32 Å². The van der Waals surface area contributed by atoms with Gasteiger partial charge in [0.05, 0.1) is 11.3 Å². The average Bonchev–Trinajstić information content (AvgIpc) is 3.19. The van der Waals surface area contributed by atoms with Gasteiger partial charge in [0.15, 0.2) is 6.10 Å². The molecule has 7 heteroatoms. The summed E-state index contributed by atoms with van der Waals surface area (Å²) in [6, 6.07) is 19.4. The Morgan fingerprint density at radius 1 is 1.11 bits per heavy atom. The lowest BCUT2D eigenvalue weighted by Crippen LogP contribution is -2.30. The highest BCUT2D eigenvalue weighted by Gasteiger charge is 2.21. The predicted molar refractivity (Wildman–Crippen MR) is 109 cm³/mol. The smallest absolute Gasteiger partial charge is 0.349 e. The molecule has 1 aromatic heterocycles. The van der Waals surface area contributed by atoms with Crippen molar-refractivity contribution in [3.63, 3.8) is 0 Å². The summed E-state index contributed by atoms with van der Waals surface area (Å²) in [4.78, 5) is 26.0. The molecule has 0 radical (unpaired) electrons. The number of halogens is 1. The third-order valence-electron chi connectivity index (χ3n) is 3.89. The van der Waals surface area contributed by atoms with Crippen LogP contribution in [0.2, 0.25) is 5.02 Å². The van der Waals surface area contributed by atoms with E-state index in [1.54, 1.807) is 42.5 Å². The number of nitrogens with zero attached hydrogens (tertiary/aromatic N) is 1. The largest absolute Gasteiger partial charge is 0.448 e. The molecule has 5 nitrogen and oxygen atoms in total. The number of hydrogen-bond donors (Lipinski definition) is 1. The first kappa shape index (κ1) is 19.6. The number of anilines is 1. The van der Waals surface area contributed by atoms with Gasteiger partial charge in [0.1, 0.15) is 10.9 Å². The van der Waals surface area contributed by atoms with E-state index in [0.717, 1.165) is 10.4 Å². The van der Waals surface area contributed by atoms with E-state index in [2.05, 4.69) is 5.32 Å². The average molecular weight is 411 g/mol. The topological polar surface area (TPSA) is 79.2 Å². The molecule has 0 aliphatic heterocycles. The van der Waals surface area contributed by atoms with E-state index in [-0.39, 0.29) is 0 Å². The fourth-order valence-electron chi connectivity index (χ4n) is 2.41. The van der Waals surface area contributed by atoms with Crippen molar-refractivity contribution >= 4 is 40.5 Å². The fourth-order valence-corrected chi connectivity index (χ4v) is 3.43. The number of rotatable bonds is 5. The molecule has 2 aromatic carbocycles. The van der Waals surface area contributed by atoms with Gasteiger partial charge in [0.2, 0.25) is 0 Å². The maximum Gasteiger partial charge on any atom is 0.349 e. The van der Waals surface area contributed by atoms with E-state index in [1.165, 1.54) is 18.3 Å². The van der Waals surface area contributed by atoms with Crippen LogP contribution in [0.1, 0.15) is 22.2 Å². The third kappa shape index (κ3) is 4.58. The summed E-state index contributed by atoms with van der Waals surface area (Å²) in [6.45, 7) is 1.48. The van der Waals surface area contributed by atoms with Crippen molar-refractivity contribution < 1.29 is 14.3 Å². The number of esters is 1. The molecule has 1 N–H and O–H groups in total. The molecule has 0 aliphatic rings. The number of nitriles is 1. The lowest BCUT2D eigenvalue weighted by molar-refractivity contribution is -0.123. The highest BCUT2D eigenvalue weighted by atomic mass is 35.5. The van der Waals surface area contributed by atoms with Crippen LogP contribution >= 0.6 is 22.9 Å². The number of carbonyl (C=O) groups is 2. The first-order valence-corrected chi connectivity index (χ1v) is 9.54. The first-order chi connectivity index (χ1) is 13.5. The summed E-state index contributed by atoms with van der Waals surface area (Å²) in [5.74, 6) is -1.09. The van der Waals surface area contributed by atoms with Crippen LogP contribution in [0.15, 0.2) is 60.7 Å². The number of hydrogen-bond acceptors (Lipinski definition) is 5. The summed E-state index contributed by atoms with van der Waals surface area (Å²) in [6.07, 6.45) is -1.01. The number of ether oxygens (including phenoxy) is 1. The van der Waals surface area contributed by atoms with Gasteiger partial charge in [-0.05, 0) is 48.9 Å². The summed E-state index contributed by atoms with van der Waals surface area (Å²) in [7, 11) is 0. The van der Waals surface area contributed by atoms with Crippen molar-refractivity contribution in [2.45, 2.75) is 13.0 Å². The second-order valence-electron chi connectivity index (χ2n) is 5.86. The normalized spacial score (nSPS) is 11.3. The van der Waals surface area contributed by atoms with Crippen LogP contribution in [0.5, 0.6) is 0 Å². The van der Waals surface area contributed by atoms with E-state index >= 15 is 0 Å². The highest BCUT2D eigenvalue weighted by molar-refractivity contribution is 7.17. The second kappa shape index (κ2) is 8.70. The predicted octanol–water partition coefficient (Wildman–Crippen LogP) is 5.12. The van der Waals surface area contributed by atoms with Gasteiger partial charge in [0, 0.05) is 9.90 Å². The van der Waals surface area contributed by atoms with Gasteiger partial charge in [-0.25, -0.2) is 4.79 Å². The van der Waals surface area contributed by atoms with Gasteiger partial charge in [0.25, 0.3) is 5.91 Å². The van der Waals surface area contributed by atoms with Crippen LogP contribution < -0.4 is 5.32 Å². The minimum Gasteiger partial charge on any atom is -0.448 e. The fraction of sp³-hybridized carbons (Fsp3) is 0.0952. The zero-order chi connectivity index (χ0) is 20.1. The number of benzene rings is 2. The molecule has 140 valence electrons. The van der Waals surface area contributed by atoms with Crippen molar-refractivity contribution in [1.29, 1.82) is 5.26 Å². The summed E-state index contributed by atoms with van der Waals surface area (Å²) in [5.41, 5.74) is 1.65. The van der Waals surface area contributed by atoms with Crippen LogP contribution in [0, 0.1) is 11.3 Å². The summed E-state index contributed by atoms with van der Waals surface area (Å²) in [5, 5.41) is 12.3. The number of carbonyl (C=O) groups excluding carboxylic acids is 2. The first-order valence-electron chi connectivity index (χ1n) is 8.34. The number of amides is 1. The molecule has 0 bridgehead atoms. The second-order valence-corrected chi connectivity index (χ2v) is 7.39. The molecule has 28 heavy (non-hydrogen) atoms. The van der Waals surface area contributed by atoms with Crippen molar-refractivity contribution in [3.8, 4) is 16.5 Å². The van der Waals surface area contributed by atoms with E-state index in [1.807, 2.05) is 24.3 Å².